The van der Waals surface area contributed by atoms with Crippen molar-refractivity contribution in [2.45, 2.75) is 13.0 Å². The minimum absolute atomic E-state index is 0.0278. The van der Waals surface area contributed by atoms with Crippen LogP contribution in [-0.2, 0) is 17.8 Å². The van der Waals surface area contributed by atoms with Crippen molar-refractivity contribution in [1.29, 1.82) is 0 Å². The van der Waals surface area contributed by atoms with Crippen LogP contribution in [0, 0.1) is 0 Å². The molecule has 0 spiro atoms. The van der Waals surface area contributed by atoms with Crippen LogP contribution < -0.4 is 15.4 Å². The Kier molecular flexibility index (Phi) is 6.91. The van der Waals surface area contributed by atoms with E-state index in [2.05, 4.69) is 10.6 Å². The molecule has 2 N–H and O–H groups in total. The van der Waals surface area contributed by atoms with E-state index >= 15 is 0 Å². The van der Waals surface area contributed by atoms with E-state index in [4.69, 9.17) is 16.3 Å². The van der Waals surface area contributed by atoms with E-state index in [0.29, 0.717) is 18.1 Å². The van der Waals surface area contributed by atoms with E-state index in [0.717, 1.165) is 23.3 Å². The van der Waals surface area contributed by atoms with Gasteiger partial charge in [-0.1, -0.05) is 41.9 Å². The molecule has 0 fully saturated rings. The van der Waals surface area contributed by atoms with Gasteiger partial charge in [0.05, 0.1) is 13.7 Å². The Hall–Kier alpha value is -2.04. The van der Waals surface area contributed by atoms with Crippen LogP contribution in [0.5, 0.6) is 5.75 Å². The molecule has 0 aliphatic heterocycles. The number of hydrogen-bond acceptors (Lipinski definition) is 3. The first-order chi connectivity index (χ1) is 11.2. The highest BCUT2D eigenvalue weighted by Crippen LogP contribution is 2.14. The molecule has 122 valence electrons. The Bertz CT molecular complexity index is 646. The minimum atomic E-state index is -0.0278. The maximum Gasteiger partial charge on any atom is 0.233 e. The minimum Gasteiger partial charge on any atom is -0.497 e. The second-order valence-corrected chi connectivity index (χ2v) is 5.55. The summed E-state index contributed by atoms with van der Waals surface area (Å²) in [7, 11) is 1.64. The summed E-state index contributed by atoms with van der Waals surface area (Å²) in [5, 5.41) is 6.69. The lowest BCUT2D eigenvalue weighted by molar-refractivity contribution is -0.120. The number of carbonyl (C=O) groups excluding carboxylic acids is 1. The molecule has 23 heavy (non-hydrogen) atoms. The Labute approximate surface area is 141 Å². The predicted molar refractivity (Wildman–Crippen MR) is 92.9 cm³/mol. The summed E-state index contributed by atoms with van der Waals surface area (Å²) in [5.41, 5.74) is 2.12. The molecule has 4 nitrogen and oxygen atoms in total. The summed E-state index contributed by atoms with van der Waals surface area (Å²) in [6, 6.07) is 15.4. The zero-order valence-electron chi connectivity index (χ0n) is 13.1. The van der Waals surface area contributed by atoms with Gasteiger partial charge in [-0.25, -0.2) is 0 Å². The molecule has 0 aromatic heterocycles. The quantitative estimate of drug-likeness (QED) is 0.781. The monoisotopic (exact) mass is 332 g/mol. The summed E-state index contributed by atoms with van der Waals surface area (Å²) in [6.07, 6.45) is 0.771. The Morgan fingerprint density at radius 3 is 2.78 bits per heavy atom. The highest BCUT2D eigenvalue weighted by atomic mass is 35.5. The maximum absolute atomic E-state index is 11.8. The first-order valence-electron chi connectivity index (χ1n) is 7.53. The summed E-state index contributed by atoms with van der Waals surface area (Å²) in [5.74, 6) is 0.801. The predicted octanol–water partition coefficient (Wildman–Crippen LogP) is 2.80. The van der Waals surface area contributed by atoms with Gasteiger partial charge >= 0.3 is 0 Å². The second-order valence-electron chi connectivity index (χ2n) is 5.15. The zero-order valence-corrected chi connectivity index (χ0v) is 13.9. The molecule has 0 unspecified atom stereocenters. The number of halogens is 1. The van der Waals surface area contributed by atoms with Crippen LogP contribution in [0.4, 0.5) is 0 Å². The second kappa shape index (κ2) is 9.18. The lowest BCUT2D eigenvalue weighted by Gasteiger charge is -2.08. The molecule has 2 aromatic carbocycles. The van der Waals surface area contributed by atoms with E-state index in [1.807, 2.05) is 48.5 Å². The highest BCUT2D eigenvalue weighted by molar-refractivity contribution is 6.31. The molecular weight excluding hydrogens is 312 g/mol. The van der Waals surface area contributed by atoms with Crippen LogP contribution in [0.1, 0.15) is 11.1 Å². The lowest BCUT2D eigenvalue weighted by atomic mass is 10.1. The number of ether oxygens (including phenoxy) is 1. The van der Waals surface area contributed by atoms with Crippen LogP contribution in [0.15, 0.2) is 48.5 Å². The van der Waals surface area contributed by atoms with E-state index < -0.39 is 0 Å². The first kappa shape index (κ1) is 17.3. The summed E-state index contributed by atoms with van der Waals surface area (Å²) < 4.78 is 5.18. The molecule has 0 saturated heterocycles. The molecule has 1 amide bonds. The standard InChI is InChI=1S/C18H21ClN2O2/c1-23-16-7-4-5-14(11-16)9-10-21-18(22)13-20-12-15-6-2-3-8-17(15)19/h2-8,11,20H,9-10,12-13H2,1H3,(H,21,22). The fraction of sp³-hybridized carbons (Fsp3) is 0.278. The lowest BCUT2D eigenvalue weighted by Crippen LogP contribution is -2.34. The third-order valence-electron chi connectivity index (χ3n) is 3.43. The zero-order chi connectivity index (χ0) is 16.5. The molecule has 0 atom stereocenters. The third kappa shape index (κ3) is 5.93. The number of benzene rings is 2. The Balaban J connectivity index is 1.66. The molecule has 0 radical (unpaired) electrons. The van der Waals surface area contributed by atoms with Crippen molar-refractivity contribution in [1.82, 2.24) is 10.6 Å². The van der Waals surface area contributed by atoms with Crippen molar-refractivity contribution in [3.05, 3.63) is 64.7 Å². The number of nitrogens with one attached hydrogen (secondary N) is 2. The molecule has 5 heteroatoms. The van der Waals surface area contributed by atoms with Gasteiger partial charge in [-0.3, -0.25) is 4.79 Å². The molecule has 2 rings (SSSR count). The van der Waals surface area contributed by atoms with Gasteiger partial charge in [-0.05, 0) is 35.7 Å². The van der Waals surface area contributed by atoms with Gasteiger partial charge < -0.3 is 15.4 Å². The normalized spacial score (nSPS) is 10.3. The maximum atomic E-state index is 11.8. The average Bonchev–Trinajstić information content (AvgIpc) is 2.57. The first-order valence-corrected chi connectivity index (χ1v) is 7.90. The van der Waals surface area contributed by atoms with Crippen LogP contribution in [0.2, 0.25) is 5.02 Å². The highest BCUT2D eigenvalue weighted by Gasteiger charge is 2.03. The van der Waals surface area contributed by atoms with Gasteiger partial charge in [0.25, 0.3) is 0 Å². The van der Waals surface area contributed by atoms with Gasteiger partial charge in [-0.15, -0.1) is 0 Å². The third-order valence-corrected chi connectivity index (χ3v) is 3.80. The average molecular weight is 333 g/mol. The summed E-state index contributed by atoms with van der Waals surface area (Å²) >= 11 is 6.06. The van der Waals surface area contributed by atoms with Gasteiger partial charge in [0.15, 0.2) is 0 Å². The molecule has 0 saturated carbocycles. The fourth-order valence-electron chi connectivity index (χ4n) is 2.19. The molecule has 0 aliphatic carbocycles. The SMILES string of the molecule is COc1cccc(CCNC(=O)CNCc2ccccc2Cl)c1. The van der Waals surface area contributed by atoms with Crippen LogP contribution >= 0.6 is 11.6 Å². The van der Waals surface area contributed by atoms with Crippen LogP contribution in [0.3, 0.4) is 0 Å². The van der Waals surface area contributed by atoms with Crippen molar-refractivity contribution in [2.75, 3.05) is 20.2 Å². The van der Waals surface area contributed by atoms with Crippen molar-refractivity contribution >= 4 is 17.5 Å². The molecule has 2 aromatic rings. The Morgan fingerprint density at radius 1 is 1.17 bits per heavy atom. The topological polar surface area (TPSA) is 50.4 Å². The van der Waals surface area contributed by atoms with Gasteiger partial charge in [0, 0.05) is 18.1 Å². The van der Waals surface area contributed by atoms with Crippen LogP contribution in [0.25, 0.3) is 0 Å². The van der Waals surface area contributed by atoms with E-state index in [9.17, 15) is 4.79 Å². The van der Waals surface area contributed by atoms with Gasteiger partial charge in [0.2, 0.25) is 5.91 Å². The van der Waals surface area contributed by atoms with Gasteiger partial charge in [-0.2, -0.15) is 0 Å². The van der Waals surface area contributed by atoms with Crippen molar-refractivity contribution in [3.8, 4) is 5.75 Å². The van der Waals surface area contributed by atoms with Crippen molar-refractivity contribution in [3.63, 3.8) is 0 Å². The number of rotatable bonds is 8. The number of amides is 1. The number of methoxy groups -OCH3 is 1. The van der Waals surface area contributed by atoms with E-state index in [1.165, 1.54) is 0 Å². The smallest absolute Gasteiger partial charge is 0.233 e. The number of carbonyl (C=O) groups is 1. The van der Waals surface area contributed by atoms with E-state index in [1.54, 1.807) is 7.11 Å². The summed E-state index contributed by atoms with van der Waals surface area (Å²) in [4.78, 5) is 11.8. The largest absolute Gasteiger partial charge is 0.497 e. The van der Waals surface area contributed by atoms with Gasteiger partial charge in [0.1, 0.15) is 5.75 Å². The Morgan fingerprint density at radius 2 is 2.00 bits per heavy atom. The molecule has 0 bridgehead atoms. The fourth-order valence-corrected chi connectivity index (χ4v) is 2.39. The van der Waals surface area contributed by atoms with Crippen LogP contribution in [-0.4, -0.2) is 26.1 Å². The van der Waals surface area contributed by atoms with Crippen molar-refractivity contribution in [2.24, 2.45) is 0 Å². The number of hydrogen-bond donors (Lipinski definition) is 2. The summed E-state index contributed by atoms with van der Waals surface area (Å²) in [6.45, 7) is 1.44. The molecular formula is C18H21ClN2O2. The molecule has 0 aliphatic rings. The van der Waals surface area contributed by atoms with Crippen molar-refractivity contribution < 1.29 is 9.53 Å². The molecule has 0 heterocycles. The van der Waals surface area contributed by atoms with E-state index in [-0.39, 0.29) is 12.5 Å².